The molecule has 0 saturated heterocycles. The Bertz CT molecular complexity index is 410. The van der Waals surface area contributed by atoms with Crippen molar-refractivity contribution in [2.75, 3.05) is 0 Å². The lowest BCUT2D eigenvalue weighted by molar-refractivity contribution is 0.0346. The fraction of sp³-hybridized carbons (Fsp3) is 0.400. The first-order valence-electron chi connectivity index (χ1n) is 5.85. The van der Waals surface area contributed by atoms with Crippen LogP contribution in [0.15, 0.2) is 24.8 Å². The van der Waals surface area contributed by atoms with Gasteiger partial charge < -0.3 is 4.74 Å². The predicted molar refractivity (Wildman–Crippen MR) is 70.3 cm³/mol. The van der Waals surface area contributed by atoms with Crippen LogP contribution in [0.25, 0.3) is 0 Å². The Morgan fingerprint density at radius 1 is 1.35 bits per heavy atom. The highest BCUT2D eigenvalue weighted by Gasteiger charge is 2.16. The van der Waals surface area contributed by atoms with Gasteiger partial charge in [-0.15, -0.1) is 6.58 Å². The molecule has 2 nitrogen and oxygen atoms in total. The van der Waals surface area contributed by atoms with E-state index in [0.717, 1.165) is 16.7 Å². The number of aryl methyl sites for hydroxylation is 3. The second-order valence-electron chi connectivity index (χ2n) is 4.51. The molecule has 2 heteroatoms. The summed E-state index contributed by atoms with van der Waals surface area (Å²) in [6, 6.07) is 4.00. The summed E-state index contributed by atoms with van der Waals surface area (Å²) >= 11 is 0. The first-order chi connectivity index (χ1) is 7.95. The van der Waals surface area contributed by atoms with E-state index in [2.05, 4.69) is 6.58 Å². The minimum Gasteiger partial charge on any atom is -0.459 e. The van der Waals surface area contributed by atoms with Gasteiger partial charge in [0.1, 0.15) is 6.10 Å². The van der Waals surface area contributed by atoms with Gasteiger partial charge in [0.15, 0.2) is 0 Å². The Hall–Kier alpha value is -1.57. The van der Waals surface area contributed by atoms with Gasteiger partial charge in [0.05, 0.1) is 5.56 Å². The number of hydrogen-bond donors (Lipinski definition) is 0. The summed E-state index contributed by atoms with van der Waals surface area (Å²) < 4.78 is 5.37. The van der Waals surface area contributed by atoms with Gasteiger partial charge in [-0.3, -0.25) is 0 Å². The zero-order valence-corrected chi connectivity index (χ0v) is 11.0. The number of esters is 1. The van der Waals surface area contributed by atoms with Gasteiger partial charge in [-0.25, -0.2) is 4.79 Å². The van der Waals surface area contributed by atoms with Crippen molar-refractivity contribution in [3.8, 4) is 0 Å². The maximum Gasteiger partial charge on any atom is 0.338 e. The molecule has 0 radical (unpaired) electrons. The van der Waals surface area contributed by atoms with Crippen LogP contribution in [0.1, 0.15) is 40.4 Å². The molecule has 92 valence electrons. The Morgan fingerprint density at radius 3 is 2.35 bits per heavy atom. The van der Waals surface area contributed by atoms with Gasteiger partial charge >= 0.3 is 5.97 Å². The van der Waals surface area contributed by atoms with Gasteiger partial charge in [0.2, 0.25) is 0 Å². The second kappa shape index (κ2) is 5.67. The highest BCUT2D eigenvalue weighted by Crippen LogP contribution is 2.18. The molecule has 0 N–H and O–H groups in total. The third kappa shape index (κ3) is 3.45. The van der Waals surface area contributed by atoms with Crippen LogP contribution in [-0.4, -0.2) is 12.1 Å². The molecule has 0 bridgehead atoms. The molecule has 0 heterocycles. The summed E-state index contributed by atoms with van der Waals surface area (Å²) in [5.74, 6) is -0.241. The maximum atomic E-state index is 12.0. The van der Waals surface area contributed by atoms with Crippen LogP contribution in [-0.2, 0) is 4.74 Å². The maximum absolute atomic E-state index is 12.0. The highest BCUT2D eigenvalue weighted by molar-refractivity contribution is 5.92. The number of carbonyl (C=O) groups is 1. The Morgan fingerprint density at radius 2 is 1.88 bits per heavy atom. The average Bonchev–Trinajstić information content (AvgIpc) is 2.15. The molecule has 0 aliphatic heterocycles. The van der Waals surface area contributed by atoms with Crippen LogP contribution in [0.2, 0.25) is 0 Å². The lowest BCUT2D eigenvalue weighted by Gasteiger charge is -2.14. The van der Waals surface area contributed by atoms with Crippen molar-refractivity contribution in [1.82, 2.24) is 0 Å². The molecule has 1 aromatic rings. The summed E-state index contributed by atoms with van der Waals surface area (Å²) in [7, 11) is 0. The Balaban J connectivity index is 2.93. The van der Waals surface area contributed by atoms with E-state index in [1.165, 1.54) is 0 Å². The molecule has 17 heavy (non-hydrogen) atoms. The molecule has 0 saturated carbocycles. The van der Waals surface area contributed by atoms with Gasteiger partial charge in [0, 0.05) is 6.42 Å². The quantitative estimate of drug-likeness (QED) is 0.584. The van der Waals surface area contributed by atoms with Gasteiger partial charge in [-0.05, 0) is 38.8 Å². The first kappa shape index (κ1) is 13.5. The van der Waals surface area contributed by atoms with Crippen LogP contribution in [0.4, 0.5) is 0 Å². The summed E-state index contributed by atoms with van der Waals surface area (Å²) in [5, 5.41) is 0. The normalized spacial score (nSPS) is 12.0. The summed E-state index contributed by atoms with van der Waals surface area (Å²) in [5.41, 5.74) is 3.79. The Kier molecular flexibility index (Phi) is 4.50. The molecule has 0 aromatic heterocycles. The van der Waals surface area contributed by atoms with E-state index in [4.69, 9.17) is 4.74 Å². The molecule has 1 aromatic carbocycles. The number of carbonyl (C=O) groups excluding carboxylic acids is 1. The first-order valence-corrected chi connectivity index (χ1v) is 5.85. The molecule has 0 fully saturated rings. The number of benzene rings is 1. The van der Waals surface area contributed by atoms with Crippen molar-refractivity contribution in [2.45, 2.75) is 40.2 Å². The van der Waals surface area contributed by atoms with E-state index in [0.29, 0.717) is 12.0 Å². The van der Waals surface area contributed by atoms with Crippen molar-refractivity contribution in [1.29, 1.82) is 0 Å². The Labute approximate surface area is 103 Å². The lowest BCUT2D eigenvalue weighted by Crippen LogP contribution is -2.16. The van der Waals surface area contributed by atoms with Crippen molar-refractivity contribution in [3.05, 3.63) is 47.0 Å². The van der Waals surface area contributed by atoms with Gasteiger partial charge in [0.25, 0.3) is 0 Å². The van der Waals surface area contributed by atoms with Gasteiger partial charge in [-0.1, -0.05) is 23.8 Å². The minimum absolute atomic E-state index is 0.125. The van der Waals surface area contributed by atoms with E-state index in [9.17, 15) is 4.79 Å². The average molecular weight is 232 g/mol. The van der Waals surface area contributed by atoms with Crippen LogP contribution < -0.4 is 0 Å². The third-order valence-electron chi connectivity index (χ3n) is 2.69. The smallest absolute Gasteiger partial charge is 0.338 e. The largest absolute Gasteiger partial charge is 0.459 e. The molecule has 0 aliphatic rings. The van der Waals surface area contributed by atoms with E-state index < -0.39 is 0 Å². The molecule has 1 rings (SSSR count). The molecule has 0 unspecified atom stereocenters. The van der Waals surface area contributed by atoms with Gasteiger partial charge in [-0.2, -0.15) is 0 Å². The number of ether oxygens (including phenoxy) is 1. The van der Waals surface area contributed by atoms with E-state index in [1.807, 2.05) is 39.8 Å². The fourth-order valence-corrected chi connectivity index (χ4v) is 2.03. The lowest BCUT2D eigenvalue weighted by atomic mass is 10.00. The van der Waals surface area contributed by atoms with E-state index in [-0.39, 0.29) is 12.1 Å². The van der Waals surface area contributed by atoms with Crippen molar-refractivity contribution in [2.24, 2.45) is 0 Å². The summed E-state index contributed by atoms with van der Waals surface area (Å²) in [6.45, 7) is 11.4. The topological polar surface area (TPSA) is 26.3 Å². The highest BCUT2D eigenvalue weighted by atomic mass is 16.5. The number of rotatable bonds is 4. The van der Waals surface area contributed by atoms with Crippen molar-refractivity contribution < 1.29 is 9.53 Å². The second-order valence-corrected chi connectivity index (χ2v) is 4.51. The zero-order valence-electron chi connectivity index (χ0n) is 11.0. The molecule has 1 atom stereocenters. The monoisotopic (exact) mass is 232 g/mol. The fourth-order valence-electron chi connectivity index (χ4n) is 2.03. The summed E-state index contributed by atoms with van der Waals surface area (Å²) in [4.78, 5) is 12.0. The zero-order chi connectivity index (χ0) is 13.0. The predicted octanol–water partition coefficient (Wildman–Crippen LogP) is 3.73. The minimum atomic E-state index is -0.241. The molecule has 0 spiro atoms. The van der Waals surface area contributed by atoms with Crippen LogP contribution >= 0.6 is 0 Å². The van der Waals surface area contributed by atoms with Crippen LogP contribution in [0.3, 0.4) is 0 Å². The van der Waals surface area contributed by atoms with Crippen molar-refractivity contribution in [3.63, 3.8) is 0 Å². The van der Waals surface area contributed by atoms with Crippen molar-refractivity contribution >= 4 is 5.97 Å². The van der Waals surface area contributed by atoms with E-state index >= 15 is 0 Å². The van der Waals surface area contributed by atoms with Crippen LogP contribution in [0, 0.1) is 20.8 Å². The molecule has 0 amide bonds. The molecular formula is C15H20O2. The SMILES string of the molecule is C=CC[C@@H](C)OC(=O)c1c(C)cc(C)cc1C. The summed E-state index contributed by atoms with van der Waals surface area (Å²) in [6.07, 6.45) is 2.31. The molecule has 0 aliphatic carbocycles. The third-order valence-corrected chi connectivity index (χ3v) is 2.69. The standard InChI is InChI=1S/C15H20O2/c1-6-7-13(5)17-15(16)14-11(3)8-10(2)9-12(14)4/h6,8-9,13H,1,7H2,2-5H3/t13-/m1/s1. The number of hydrogen-bond acceptors (Lipinski definition) is 2. The van der Waals surface area contributed by atoms with Crippen LogP contribution in [0.5, 0.6) is 0 Å². The molecular weight excluding hydrogens is 212 g/mol. The van der Waals surface area contributed by atoms with E-state index in [1.54, 1.807) is 6.08 Å².